The highest BCUT2D eigenvalue weighted by molar-refractivity contribution is 5.86. The summed E-state index contributed by atoms with van der Waals surface area (Å²) < 4.78 is 0. The molecule has 0 amide bonds. The summed E-state index contributed by atoms with van der Waals surface area (Å²) in [7, 11) is 0. The van der Waals surface area contributed by atoms with Crippen molar-refractivity contribution in [3.05, 3.63) is 24.0 Å². The molecule has 2 rings (SSSR count). The molecule has 1 aliphatic carbocycles. The van der Waals surface area contributed by atoms with E-state index >= 15 is 0 Å². The molecule has 0 aromatic carbocycles. The van der Waals surface area contributed by atoms with Crippen LogP contribution in [-0.4, -0.2) is 28.6 Å². The Morgan fingerprint density at radius 2 is 2.29 bits per heavy atom. The zero-order valence-corrected chi connectivity index (χ0v) is 10.3. The summed E-state index contributed by atoms with van der Waals surface area (Å²) in [5, 5.41) is 8.94. The lowest BCUT2D eigenvalue weighted by Crippen LogP contribution is -2.32. The Hall–Kier alpha value is -1.58. The minimum atomic E-state index is -0.970. The van der Waals surface area contributed by atoms with Gasteiger partial charge >= 0.3 is 5.97 Å². The molecule has 1 aliphatic rings. The van der Waals surface area contributed by atoms with Crippen LogP contribution in [0, 0.1) is 5.92 Å². The molecule has 4 nitrogen and oxygen atoms in total. The average molecular weight is 234 g/mol. The Labute approximate surface area is 101 Å². The third-order valence-electron chi connectivity index (χ3n) is 3.07. The minimum absolute atomic E-state index is 0.115. The van der Waals surface area contributed by atoms with Crippen LogP contribution in [0.15, 0.2) is 18.3 Å². The van der Waals surface area contributed by atoms with Gasteiger partial charge in [0.1, 0.15) is 5.69 Å². The van der Waals surface area contributed by atoms with Gasteiger partial charge in [0.25, 0.3) is 0 Å². The summed E-state index contributed by atoms with van der Waals surface area (Å²) >= 11 is 0. The Balaban J connectivity index is 2.21. The van der Waals surface area contributed by atoms with Gasteiger partial charge in [0.15, 0.2) is 0 Å². The highest BCUT2D eigenvalue weighted by Gasteiger charge is 2.26. The quantitative estimate of drug-likeness (QED) is 0.850. The first-order chi connectivity index (χ1) is 8.08. The fourth-order valence-corrected chi connectivity index (χ4v) is 1.91. The van der Waals surface area contributed by atoms with Gasteiger partial charge in [-0.2, -0.15) is 0 Å². The van der Waals surface area contributed by atoms with E-state index in [0.717, 1.165) is 18.2 Å². The first kappa shape index (κ1) is 11.9. The lowest BCUT2D eigenvalue weighted by atomic mass is 10.2. The molecule has 1 aromatic heterocycles. The second-order valence-corrected chi connectivity index (χ2v) is 4.89. The molecule has 1 fully saturated rings. The summed E-state index contributed by atoms with van der Waals surface area (Å²) in [6.45, 7) is 5.27. The highest BCUT2D eigenvalue weighted by atomic mass is 16.4. The maximum absolute atomic E-state index is 10.9. The average Bonchev–Trinajstić information content (AvgIpc) is 3.09. The molecule has 1 aromatic rings. The fourth-order valence-electron chi connectivity index (χ4n) is 1.91. The van der Waals surface area contributed by atoms with Crippen LogP contribution >= 0.6 is 0 Å². The predicted molar refractivity (Wildman–Crippen MR) is 66.4 cm³/mol. The van der Waals surface area contributed by atoms with Crippen molar-refractivity contribution in [3.63, 3.8) is 0 Å². The number of carboxylic acid groups (broad SMARTS) is 1. The SMILES string of the molecule is CC(C)N(CC1CC1)c1ccnc(C(=O)O)c1. The molecule has 4 heteroatoms. The number of aromatic carboxylic acids is 1. The van der Waals surface area contributed by atoms with Crippen LogP contribution in [0.5, 0.6) is 0 Å². The van der Waals surface area contributed by atoms with E-state index in [4.69, 9.17) is 5.11 Å². The molecule has 17 heavy (non-hydrogen) atoms. The van der Waals surface area contributed by atoms with E-state index in [9.17, 15) is 4.79 Å². The molecule has 0 spiro atoms. The standard InChI is InChI=1S/C13H18N2O2/c1-9(2)15(8-10-3-4-10)11-5-6-14-12(7-11)13(16)17/h5-7,9-10H,3-4,8H2,1-2H3,(H,16,17). The molecule has 0 radical (unpaired) electrons. The van der Waals surface area contributed by atoms with Gasteiger partial charge in [-0.05, 0) is 44.7 Å². The number of pyridine rings is 1. The smallest absolute Gasteiger partial charge is 0.354 e. The predicted octanol–water partition coefficient (Wildman–Crippen LogP) is 2.40. The van der Waals surface area contributed by atoms with Gasteiger partial charge in [-0.1, -0.05) is 0 Å². The van der Waals surface area contributed by atoms with Crippen molar-refractivity contribution in [2.24, 2.45) is 5.92 Å². The second-order valence-electron chi connectivity index (χ2n) is 4.89. The summed E-state index contributed by atoms with van der Waals surface area (Å²) in [5.74, 6) is -0.194. The maximum Gasteiger partial charge on any atom is 0.354 e. The second kappa shape index (κ2) is 4.73. The van der Waals surface area contributed by atoms with E-state index in [1.807, 2.05) is 6.07 Å². The molecule has 1 heterocycles. The number of hydrogen-bond acceptors (Lipinski definition) is 3. The lowest BCUT2D eigenvalue weighted by molar-refractivity contribution is 0.0690. The van der Waals surface area contributed by atoms with Gasteiger partial charge in [-0.3, -0.25) is 0 Å². The van der Waals surface area contributed by atoms with Gasteiger partial charge in [-0.15, -0.1) is 0 Å². The highest BCUT2D eigenvalue weighted by Crippen LogP contribution is 2.32. The van der Waals surface area contributed by atoms with E-state index in [-0.39, 0.29) is 5.69 Å². The number of carboxylic acids is 1. The van der Waals surface area contributed by atoms with Crippen molar-refractivity contribution in [1.29, 1.82) is 0 Å². The third-order valence-corrected chi connectivity index (χ3v) is 3.07. The maximum atomic E-state index is 10.9. The van der Waals surface area contributed by atoms with Crippen molar-refractivity contribution in [2.45, 2.75) is 32.7 Å². The normalized spacial score (nSPS) is 15.0. The topological polar surface area (TPSA) is 53.4 Å². The van der Waals surface area contributed by atoms with Crippen molar-refractivity contribution < 1.29 is 9.90 Å². The molecule has 92 valence electrons. The number of nitrogens with zero attached hydrogens (tertiary/aromatic N) is 2. The van der Waals surface area contributed by atoms with Crippen LogP contribution in [-0.2, 0) is 0 Å². The van der Waals surface area contributed by atoms with Crippen molar-refractivity contribution in [3.8, 4) is 0 Å². The van der Waals surface area contributed by atoms with Gasteiger partial charge in [0, 0.05) is 24.5 Å². The van der Waals surface area contributed by atoms with Crippen molar-refractivity contribution >= 4 is 11.7 Å². The number of rotatable bonds is 5. The summed E-state index contributed by atoms with van der Waals surface area (Å²) in [6, 6.07) is 3.92. The molecule has 1 saturated carbocycles. The Kier molecular flexibility index (Phi) is 3.31. The number of aromatic nitrogens is 1. The molecular formula is C13H18N2O2. The van der Waals surface area contributed by atoms with Gasteiger partial charge in [0.05, 0.1) is 0 Å². The zero-order chi connectivity index (χ0) is 12.4. The number of hydrogen-bond donors (Lipinski definition) is 1. The van der Waals surface area contributed by atoms with E-state index in [0.29, 0.717) is 6.04 Å². The van der Waals surface area contributed by atoms with E-state index < -0.39 is 5.97 Å². The molecule has 0 atom stereocenters. The monoisotopic (exact) mass is 234 g/mol. The van der Waals surface area contributed by atoms with E-state index in [2.05, 4.69) is 23.7 Å². The van der Waals surface area contributed by atoms with Crippen molar-refractivity contribution in [1.82, 2.24) is 4.98 Å². The first-order valence-electron chi connectivity index (χ1n) is 6.04. The third kappa shape index (κ3) is 2.96. The molecule has 0 bridgehead atoms. The van der Waals surface area contributed by atoms with Crippen LogP contribution < -0.4 is 4.90 Å². The molecule has 0 unspecified atom stereocenters. The Morgan fingerprint density at radius 3 is 2.82 bits per heavy atom. The molecule has 1 N–H and O–H groups in total. The van der Waals surface area contributed by atoms with Crippen molar-refractivity contribution in [2.75, 3.05) is 11.4 Å². The van der Waals surface area contributed by atoms with Gasteiger partial charge in [-0.25, -0.2) is 9.78 Å². The van der Waals surface area contributed by atoms with Crippen LogP contribution in [0.3, 0.4) is 0 Å². The van der Waals surface area contributed by atoms with Gasteiger partial charge in [0.2, 0.25) is 0 Å². The van der Waals surface area contributed by atoms with E-state index in [1.54, 1.807) is 12.3 Å². The van der Waals surface area contributed by atoms with E-state index in [1.165, 1.54) is 12.8 Å². The van der Waals surface area contributed by atoms with Gasteiger partial charge < -0.3 is 10.0 Å². The van der Waals surface area contributed by atoms with Crippen LogP contribution in [0.2, 0.25) is 0 Å². The first-order valence-corrected chi connectivity index (χ1v) is 6.04. The number of carbonyl (C=O) groups is 1. The molecule has 0 aliphatic heterocycles. The lowest BCUT2D eigenvalue weighted by Gasteiger charge is -2.29. The molecule has 0 saturated heterocycles. The molecular weight excluding hydrogens is 216 g/mol. The number of anilines is 1. The van der Waals surface area contributed by atoms with Crippen LogP contribution in [0.25, 0.3) is 0 Å². The van der Waals surface area contributed by atoms with Crippen LogP contribution in [0.1, 0.15) is 37.2 Å². The Bertz CT molecular complexity index is 414. The zero-order valence-electron chi connectivity index (χ0n) is 10.3. The minimum Gasteiger partial charge on any atom is -0.477 e. The largest absolute Gasteiger partial charge is 0.477 e. The Morgan fingerprint density at radius 1 is 1.59 bits per heavy atom. The fraction of sp³-hybridized carbons (Fsp3) is 0.538. The van der Waals surface area contributed by atoms with Crippen LogP contribution in [0.4, 0.5) is 5.69 Å². The summed E-state index contributed by atoms with van der Waals surface area (Å²) in [5.41, 5.74) is 1.07. The summed E-state index contributed by atoms with van der Waals surface area (Å²) in [6.07, 6.45) is 4.15. The summed E-state index contributed by atoms with van der Waals surface area (Å²) in [4.78, 5) is 17.0.